The average Bonchev–Trinajstić information content (AvgIpc) is 3.04. The van der Waals surface area contributed by atoms with E-state index < -0.39 is 16.9 Å². The van der Waals surface area contributed by atoms with E-state index in [4.69, 9.17) is 25.8 Å². The van der Waals surface area contributed by atoms with Crippen molar-refractivity contribution in [3.05, 3.63) is 66.8 Å². The maximum Gasteiger partial charge on any atom is 0.363 e. The van der Waals surface area contributed by atoms with E-state index >= 15 is 0 Å². The summed E-state index contributed by atoms with van der Waals surface area (Å²) in [5.74, 6) is -0.893. The summed E-state index contributed by atoms with van der Waals surface area (Å²) in [7, 11) is 1.40. The Kier molecular flexibility index (Phi) is 6.18. The van der Waals surface area contributed by atoms with Crippen LogP contribution >= 0.6 is 27.5 Å². The molecule has 2 aromatic rings. The number of esters is 2. The van der Waals surface area contributed by atoms with Crippen molar-refractivity contribution in [3.8, 4) is 11.5 Å². The third-order valence-corrected chi connectivity index (χ3v) is 4.72. The zero-order chi connectivity index (χ0) is 22.0. The number of hydrogen-bond donors (Lipinski definition) is 0. The van der Waals surface area contributed by atoms with Crippen LogP contribution in [-0.2, 0) is 14.3 Å². The fourth-order valence-corrected chi connectivity index (χ4v) is 3.27. The van der Waals surface area contributed by atoms with Gasteiger partial charge < -0.3 is 14.2 Å². The summed E-state index contributed by atoms with van der Waals surface area (Å²) in [5, 5.41) is 11.0. The van der Waals surface area contributed by atoms with Gasteiger partial charge in [-0.25, -0.2) is 9.79 Å². The summed E-state index contributed by atoms with van der Waals surface area (Å²) in [4.78, 5) is 38.0. The van der Waals surface area contributed by atoms with Crippen LogP contribution in [0.3, 0.4) is 0 Å². The van der Waals surface area contributed by atoms with Crippen molar-refractivity contribution >= 4 is 57.1 Å². The molecule has 9 nitrogen and oxygen atoms in total. The van der Waals surface area contributed by atoms with E-state index in [1.54, 1.807) is 12.1 Å². The van der Waals surface area contributed by atoms with Gasteiger partial charge >= 0.3 is 11.9 Å². The van der Waals surface area contributed by atoms with E-state index in [1.165, 1.54) is 38.3 Å². The Bertz CT molecular complexity index is 1140. The number of aliphatic imine (C=N–C) groups is 1. The molecule has 11 heteroatoms. The lowest BCUT2D eigenvalue weighted by Crippen LogP contribution is -2.06. The molecule has 0 bridgehead atoms. The Hall–Kier alpha value is -3.24. The molecule has 0 unspecified atom stereocenters. The van der Waals surface area contributed by atoms with Crippen LogP contribution in [0.5, 0.6) is 11.5 Å². The number of nitrogens with zero attached hydrogens (tertiary/aromatic N) is 2. The Labute approximate surface area is 183 Å². The molecule has 0 spiro atoms. The van der Waals surface area contributed by atoms with Crippen LogP contribution in [-0.4, -0.2) is 29.9 Å². The summed E-state index contributed by atoms with van der Waals surface area (Å²) >= 11 is 9.10. The van der Waals surface area contributed by atoms with Gasteiger partial charge in [-0.15, -0.1) is 0 Å². The summed E-state index contributed by atoms with van der Waals surface area (Å²) in [6.45, 7) is 1.26. The number of carbonyl (C=O) groups excluding carboxylic acids is 2. The first-order chi connectivity index (χ1) is 14.2. The molecule has 1 aliphatic rings. The minimum Gasteiger partial charge on any atom is -0.493 e. The zero-order valence-electron chi connectivity index (χ0n) is 15.5. The first-order valence-corrected chi connectivity index (χ1v) is 9.39. The average molecular weight is 496 g/mol. The second kappa shape index (κ2) is 8.64. The first-order valence-electron chi connectivity index (χ1n) is 8.22. The van der Waals surface area contributed by atoms with Crippen molar-refractivity contribution in [2.45, 2.75) is 6.92 Å². The molecule has 154 valence electrons. The van der Waals surface area contributed by atoms with Crippen LogP contribution < -0.4 is 9.47 Å². The minimum absolute atomic E-state index is 0.0307. The molecule has 3 rings (SSSR count). The van der Waals surface area contributed by atoms with Gasteiger partial charge in [-0.05, 0) is 51.8 Å². The Morgan fingerprint density at radius 2 is 2.07 bits per heavy atom. The number of cyclic esters (lactones) is 1. The summed E-state index contributed by atoms with van der Waals surface area (Å²) in [6, 6.07) is 7.09. The molecule has 0 fully saturated rings. The van der Waals surface area contributed by atoms with Crippen LogP contribution in [0.15, 0.2) is 45.5 Å². The van der Waals surface area contributed by atoms with E-state index in [-0.39, 0.29) is 39.4 Å². The summed E-state index contributed by atoms with van der Waals surface area (Å²) < 4.78 is 15.9. The molecule has 0 amide bonds. The normalized spacial score (nSPS) is 14.3. The molecule has 0 N–H and O–H groups in total. The number of carbonyl (C=O) groups is 2. The van der Waals surface area contributed by atoms with E-state index in [0.29, 0.717) is 10.0 Å². The van der Waals surface area contributed by atoms with E-state index in [1.807, 2.05) is 0 Å². The second-order valence-corrected chi connectivity index (χ2v) is 7.15. The SMILES string of the molecule is COc1cc(/C=C2\N=C(c3ccc(Cl)c([N+](=O)[O-])c3)OC2=O)cc(Br)c1OC(C)=O. The van der Waals surface area contributed by atoms with Crippen LogP contribution in [0.1, 0.15) is 18.1 Å². The van der Waals surface area contributed by atoms with Crippen molar-refractivity contribution in [2.24, 2.45) is 4.99 Å². The van der Waals surface area contributed by atoms with Crippen molar-refractivity contribution in [2.75, 3.05) is 7.11 Å². The minimum atomic E-state index is -0.734. The highest BCUT2D eigenvalue weighted by molar-refractivity contribution is 9.10. The van der Waals surface area contributed by atoms with Gasteiger partial charge in [-0.2, -0.15) is 0 Å². The molecular weight excluding hydrogens is 484 g/mol. The smallest absolute Gasteiger partial charge is 0.363 e. The number of benzene rings is 2. The van der Waals surface area contributed by atoms with Crippen LogP contribution in [0.25, 0.3) is 6.08 Å². The van der Waals surface area contributed by atoms with E-state index in [2.05, 4.69) is 20.9 Å². The monoisotopic (exact) mass is 494 g/mol. The summed E-state index contributed by atoms with van der Waals surface area (Å²) in [5.41, 5.74) is 0.373. The number of rotatable bonds is 5. The molecule has 0 aromatic heterocycles. The van der Waals surface area contributed by atoms with Crippen LogP contribution in [0.4, 0.5) is 5.69 Å². The molecule has 0 radical (unpaired) electrons. The van der Waals surface area contributed by atoms with Crippen molar-refractivity contribution < 1.29 is 28.7 Å². The predicted octanol–water partition coefficient (Wildman–Crippen LogP) is 4.29. The maximum absolute atomic E-state index is 12.2. The second-order valence-electron chi connectivity index (χ2n) is 5.89. The lowest BCUT2D eigenvalue weighted by atomic mass is 10.1. The van der Waals surface area contributed by atoms with E-state index in [9.17, 15) is 19.7 Å². The van der Waals surface area contributed by atoms with Gasteiger partial charge in [-0.1, -0.05) is 11.6 Å². The molecule has 0 atom stereocenters. The number of ether oxygens (including phenoxy) is 3. The Morgan fingerprint density at radius 3 is 2.70 bits per heavy atom. The van der Waals surface area contributed by atoms with Crippen molar-refractivity contribution in [1.29, 1.82) is 0 Å². The molecule has 1 heterocycles. The molecule has 0 saturated carbocycles. The maximum atomic E-state index is 12.2. The van der Waals surface area contributed by atoms with Gasteiger partial charge in [0, 0.05) is 18.6 Å². The standard InChI is InChI=1S/C19H12BrClN2O7/c1-9(24)29-17-12(20)5-10(7-16(17)28-2)6-14-19(25)30-18(22-14)11-3-4-13(21)15(8-11)23(26)27/h3-8H,1-2H3/b14-6-. The number of methoxy groups -OCH3 is 1. The van der Waals surface area contributed by atoms with Crippen molar-refractivity contribution in [3.63, 3.8) is 0 Å². The van der Waals surface area contributed by atoms with Gasteiger partial charge in [0.2, 0.25) is 5.90 Å². The quantitative estimate of drug-likeness (QED) is 0.200. The largest absolute Gasteiger partial charge is 0.493 e. The predicted molar refractivity (Wildman–Crippen MR) is 111 cm³/mol. The van der Waals surface area contributed by atoms with Crippen LogP contribution in [0, 0.1) is 10.1 Å². The third-order valence-electron chi connectivity index (χ3n) is 3.81. The number of nitro benzene ring substituents is 1. The highest BCUT2D eigenvalue weighted by atomic mass is 79.9. The van der Waals surface area contributed by atoms with Gasteiger partial charge in [0.25, 0.3) is 5.69 Å². The molecule has 0 aliphatic carbocycles. The van der Waals surface area contributed by atoms with Gasteiger partial charge in [0.05, 0.1) is 16.5 Å². The molecular formula is C19H12BrClN2O7. The molecule has 1 aliphatic heterocycles. The molecule has 0 saturated heterocycles. The van der Waals surface area contributed by atoms with Gasteiger partial charge in [0.15, 0.2) is 17.2 Å². The fraction of sp³-hybridized carbons (Fsp3) is 0.105. The van der Waals surface area contributed by atoms with Gasteiger partial charge in [0.1, 0.15) is 5.02 Å². The third kappa shape index (κ3) is 4.50. The zero-order valence-corrected chi connectivity index (χ0v) is 17.8. The first kappa shape index (κ1) is 21.5. The number of halogens is 2. The highest BCUT2D eigenvalue weighted by Crippen LogP contribution is 2.37. The van der Waals surface area contributed by atoms with Gasteiger partial charge in [-0.3, -0.25) is 14.9 Å². The Morgan fingerprint density at radius 1 is 1.33 bits per heavy atom. The number of nitro groups is 1. The highest BCUT2D eigenvalue weighted by Gasteiger charge is 2.26. The van der Waals surface area contributed by atoms with E-state index in [0.717, 1.165) is 0 Å². The lowest BCUT2D eigenvalue weighted by Gasteiger charge is -2.11. The molecule has 30 heavy (non-hydrogen) atoms. The van der Waals surface area contributed by atoms with Crippen molar-refractivity contribution in [1.82, 2.24) is 0 Å². The Balaban J connectivity index is 1.99. The molecule has 2 aromatic carbocycles. The number of hydrogen-bond acceptors (Lipinski definition) is 8. The topological polar surface area (TPSA) is 117 Å². The van der Waals surface area contributed by atoms with Crippen LogP contribution in [0.2, 0.25) is 5.02 Å². The lowest BCUT2D eigenvalue weighted by molar-refractivity contribution is -0.384. The fourth-order valence-electron chi connectivity index (χ4n) is 2.54. The summed E-state index contributed by atoms with van der Waals surface area (Å²) in [6.07, 6.45) is 1.44.